The van der Waals surface area contributed by atoms with Crippen LogP contribution >= 0.6 is 15.9 Å². The summed E-state index contributed by atoms with van der Waals surface area (Å²) in [4.78, 5) is 16.9. The highest BCUT2D eigenvalue weighted by Crippen LogP contribution is 2.26. The summed E-state index contributed by atoms with van der Waals surface area (Å²) in [6.07, 6.45) is 4.34. The molecule has 1 aliphatic heterocycles. The van der Waals surface area contributed by atoms with Crippen molar-refractivity contribution in [2.75, 3.05) is 11.9 Å². The highest BCUT2D eigenvalue weighted by atomic mass is 79.9. The fraction of sp³-hybridized carbons (Fsp3) is 0.368. The van der Waals surface area contributed by atoms with Crippen molar-refractivity contribution in [3.05, 3.63) is 52.1 Å². The predicted molar refractivity (Wildman–Crippen MR) is 108 cm³/mol. The average molecular weight is 452 g/mol. The molecule has 0 aliphatic carbocycles. The monoisotopic (exact) mass is 451 g/mol. The van der Waals surface area contributed by atoms with E-state index in [9.17, 15) is 13.2 Å². The Morgan fingerprint density at radius 2 is 2.04 bits per heavy atom. The number of aromatic nitrogens is 1. The van der Waals surface area contributed by atoms with Crippen molar-refractivity contribution in [2.24, 2.45) is 0 Å². The molecule has 6 nitrogen and oxygen atoms in total. The summed E-state index contributed by atoms with van der Waals surface area (Å²) in [7, 11) is -3.63. The number of carbonyl (C=O) groups is 1. The Balaban J connectivity index is 1.89. The molecule has 2 aromatic rings. The molecule has 1 saturated heterocycles. The molecule has 144 valence electrons. The second-order valence-electron chi connectivity index (χ2n) is 6.75. The summed E-state index contributed by atoms with van der Waals surface area (Å²) in [5.74, 6) is 0.0200. The second-order valence-corrected chi connectivity index (χ2v) is 9.56. The van der Waals surface area contributed by atoms with Gasteiger partial charge in [0.1, 0.15) is 5.82 Å². The van der Waals surface area contributed by atoms with E-state index in [1.165, 1.54) is 6.07 Å². The molecule has 1 N–H and O–H groups in total. The summed E-state index contributed by atoms with van der Waals surface area (Å²) in [6.45, 7) is 4.23. The normalized spacial score (nSPS) is 18.3. The number of aryl methyl sites for hydroxylation is 1. The molecule has 1 unspecified atom stereocenters. The summed E-state index contributed by atoms with van der Waals surface area (Å²) in [5.41, 5.74) is 1.03. The van der Waals surface area contributed by atoms with Crippen LogP contribution in [0, 0.1) is 6.92 Å². The first-order valence-electron chi connectivity index (χ1n) is 8.84. The van der Waals surface area contributed by atoms with Crippen molar-refractivity contribution >= 4 is 37.7 Å². The van der Waals surface area contributed by atoms with Crippen LogP contribution in [0.1, 0.15) is 42.1 Å². The topological polar surface area (TPSA) is 79.4 Å². The molecule has 2 heterocycles. The van der Waals surface area contributed by atoms with E-state index in [-0.39, 0.29) is 16.8 Å². The molecule has 0 saturated carbocycles. The number of halogens is 1. The number of anilines is 1. The van der Waals surface area contributed by atoms with E-state index < -0.39 is 10.0 Å². The maximum atomic E-state index is 13.1. The first-order chi connectivity index (χ1) is 12.8. The lowest BCUT2D eigenvalue weighted by Gasteiger charge is -2.32. The van der Waals surface area contributed by atoms with Crippen molar-refractivity contribution in [2.45, 2.75) is 44.0 Å². The number of sulfonamides is 1. The van der Waals surface area contributed by atoms with Gasteiger partial charge in [0.05, 0.1) is 4.90 Å². The van der Waals surface area contributed by atoms with E-state index in [1.807, 2.05) is 6.92 Å². The number of hydrogen-bond donors (Lipinski definition) is 1. The first kappa shape index (κ1) is 20.0. The van der Waals surface area contributed by atoms with Crippen molar-refractivity contribution in [3.8, 4) is 0 Å². The molecule has 0 radical (unpaired) electrons. The van der Waals surface area contributed by atoms with Crippen molar-refractivity contribution in [1.29, 1.82) is 0 Å². The number of rotatable bonds is 4. The van der Waals surface area contributed by atoms with Gasteiger partial charge in [-0.25, -0.2) is 13.4 Å². The number of benzene rings is 1. The zero-order valence-electron chi connectivity index (χ0n) is 15.3. The maximum absolute atomic E-state index is 13.1. The molecule has 27 heavy (non-hydrogen) atoms. The van der Waals surface area contributed by atoms with Crippen LogP contribution in [-0.2, 0) is 10.0 Å². The Kier molecular flexibility index (Phi) is 5.98. The summed E-state index contributed by atoms with van der Waals surface area (Å²) in [6, 6.07) is 8.11. The molecule has 8 heteroatoms. The first-order valence-corrected chi connectivity index (χ1v) is 11.1. The van der Waals surface area contributed by atoms with Crippen LogP contribution in [-0.4, -0.2) is 36.2 Å². The minimum Gasteiger partial charge on any atom is -0.307 e. The van der Waals surface area contributed by atoms with E-state index in [2.05, 4.69) is 26.2 Å². The van der Waals surface area contributed by atoms with Crippen LogP contribution in [0.2, 0.25) is 0 Å². The van der Waals surface area contributed by atoms with Crippen molar-refractivity contribution in [3.63, 3.8) is 0 Å². The second kappa shape index (κ2) is 8.08. The molecule has 1 amide bonds. The fourth-order valence-electron chi connectivity index (χ4n) is 3.20. The molecule has 1 atom stereocenters. The quantitative estimate of drug-likeness (QED) is 0.762. The van der Waals surface area contributed by atoms with Gasteiger partial charge in [0.15, 0.2) is 0 Å². The van der Waals surface area contributed by atoms with Gasteiger partial charge in [-0.05, 0) is 72.4 Å². The highest BCUT2D eigenvalue weighted by Gasteiger charge is 2.31. The highest BCUT2D eigenvalue weighted by molar-refractivity contribution is 9.10. The number of amides is 1. The Labute approximate surface area is 168 Å². The molecule has 1 fully saturated rings. The number of pyridine rings is 1. The largest absolute Gasteiger partial charge is 0.307 e. The lowest BCUT2D eigenvalue weighted by atomic mass is 10.1. The molecule has 1 aromatic heterocycles. The van der Waals surface area contributed by atoms with Crippen LogP contribution in [0.5, 0.6) is 0 Å². The molecule has 0 bridgehead atoms. The molecule has 3 rings (SSSR count). The smallest absolute Gasteiger partial charge is 0.257 e. The van der Waals surface area contributed by atoms with Gasteiger partial charge in [-0.2, -0.15) is 4.31 Å². The van der Waals surface area contributed by atoms with Crippen molar-refractivity contribution < 1.29 is 13.2 Å². The number of nitrogens with zero attached hydrogens (tertiary/aromatic N) is 2. The predicted octanol–water partition coefficient (Wildman–Crippen LogP) is 3.97. The van der Waals surface area contributed by atoms with Gasteiger partial charge in [-0.1, -0.05) is 12.5 Å². The number of hydrogen-bond acceptors (Lipinski definition) is 4. The Morgan fingerprint density at radius 3 is 2.70 bits per heavy atom. The number of nitrogens with one attached hydrogen (secondary N) is 1. The third kappa shape index (κ3) is 4.39. The summed E-state index contributed by atoms with van der Waals surface area (Å²) >= 11 is 3.30. The van der Waals surface area contributed by atoms with Crippen LogP contribution in [0.15, 0.2) is 45.9 Å². The third-order valence-corrected chi connectivity index (χ3v) is 7.25. The zero-order chi connectivity index (χ0) is 19.6. The van der Waals surface area contributed by atoms with Crippen LogP contribution < -0.4 is 5.32 Å². The van der Waals surface area contributed by atoms with Gasteiger partial charge in [0.2, 0.25) is 10.0 Å². The molecule has 1 aliphatic rings. The van der Waals surface area contributed by atoms with E-state index in [0.29, 0.717) is 23.5 Å². The zero-order valence-corrected chi connectivity index (χ0v) is 17.7. The van der Waals surface area contributed by atoms with Crippen LogP contribution in [0.3, 0.4) is 0 Å². The van der Waals surface area contributed by atoms with Gasteiger partial charge in [0, 0.05) is 28.8 Å². The average Bonchev–Trinajstić information content (AvgIpc) is 2.64. The fourth-order valence-corrected chi connectivity index (χ4v) is 5.16. The minimum atomic E-state index is -3.63. The lowest BCUT2D eigenvalue weighted by Crippen LogP contribution is -2.42. The van der Waals surface area contributed by atoms with Gasteiger partial charge >= 0.3 is 0 Å². The lowest BCUT2D eigenvalue weighted by molar-refractivity contribution is 0.102. The van der Waals surface area contributed by atoms with Gasteiger partial charge in [-0.3, -0.25) is 4.79 Å². The molecular formula is C19H22BrN3O3S. The summed E-state index contributed by atoms with van der Waals surface area (Å²) in [5, 5.41) is 2.71. The molecular weight excluding hydrogens is 430 g/mol. The van der Waals surface area contributed by atoms with Crippen molar-refractivity contribution in [1.82, 2.24) is 9.29 Å². The number of piperidine rings is 1. The van der Waals surface area contributed by atoms with Crippen LogP contribution in [0.4, 0.5) is 5.82 Å². The SMILES string of the molecule is Cc1ccc(S(=O)(=O)N2CCCCC2C)cc1C(=O)Nc1ccc(Br)cn1. The van der Waals surface area contributed by atoms with Gasteiger partial charge < -0.3 is 5.32 Å². The van der Waals surface area contributed by atoms with E-state index in [4.69, 9.17) is 0 Å². The summed E-state index contributed by atoms with van der Waals surface area (Å²) < 4.78 is 28.5. The Morgan fingerprint density at radius 1 is 1.26 bits per heavy atom. The molecule has 0 spiro atoms. The van der Waals surface area contributed by atoms with Crippen LogP contribution in [0.25, 0.3) is 0 Å². The molecule has 1 aromatic carbocycles. The third-order valence-electron chi connectivity index (χ3n) is 4.77. The van der Waals surface area contributed by atoms with Gasteiger partial charge in [-0.15, -0.1) is 0 Å². The standard InChI is InChI=1S/C19H22BrN3O3S/c1-13-6-8-16(27(25,26)23-10-4-3-5-14(23)2)11-17(13)19(24)22-18-9-7-15(20)12-21-18/h6-9,11-12,14H,3-5,10H2,1-2H3,(H,21,22,24). The Bertz CT molecular complexity index is 945. The van der Waals surface area contributed by atoms with E-state index in [0.717, 1.165) is 23.7 Å². The van der Waals surface area contributed by atoms with E-state index >= 15 is 0 Å². The maximum Gasteiger partial charge on any atom is 0.257 e. The minimum absolute atomic E-state index is 0.0331. The number of carbonyl (C=O) groups excluding carboxylic acids is 1. The Hall–Kier alpha value is -1.77. The van der Waals surface area contributed by atoms with Gasteiger partial charge in [0.25, 0.3) is 5.91 Å². The van der Waals surface area contributed by atoms with E-state index in [1.54, 1.807) is 41.7 Å².